The molecule has 0 bridgehead atoms. The van der Waals surface area contributed by atoms with Crippen LogP contribution >= 0.6 is 0 Å². The van der Waals surface area contributed by atoms with Crippen LogP contribution in [-0.4, -0.2) is 51.4 Å². The molecule has 1 heterocycles. The Bertz CT molecular complexity index is 691. The predicted molar refractivity (Wildman–Crippen MR) is 107 cm³/mol. The number of aryl methyl sites for hydroxylation is 2. The van der Waals surface area contributed by atoms with Crippen LogP contribution in [0.2, 0.25) is 0 Å². The van der Waals surface area contributed by atoms with Crippen molar-refractivity contribution >= 4 is 5.69 Å². The van der Waals surface area contributed by atoms with Crippen LogP contribution in [0.4, 0.5) is 5.69 Å². The molecule has 0 aliphatic carbocycles. The van der Waals surface area contributed by atoms with Crippen LogP contribution in [0.1, 0.15) is 16.7 Å². The lowest BCUT2D eigenvalue weighted by Crippen LogP contribution is -2.37. The first-order chi connectivity index (χ1) is 12.6. The second kappa shape index (κ2) is 9.06. The summed E-state index contributed by atoms with van der Waals surface area (Å²) in [6, 6.07) is 15.0. The molecule has 4 nitrogen and oxygen atoms in total. The van der Waals surface area contributed by atoms with E-state index in [9.17, 15) is 0 Å². The van der Waals surface area contributed by atoms with Crippen LogP contribution in [0.3, 0.4) is 0 Å². The molecule has 2 aromatic carbocycles. The van der Waals surface area contributed by atoms with Gasteiger partial charge in [-0.15, -0.1) is 0 Å². The zero-order chi connectivity index (χ0) is 18.4. The average molecular weight is 354 g/mol. The van der Waals surface area contributed by atoms with Crippen molar-refractivity contribution in [2.24, 2.45) is 0 Å². The van der Waals surface area contributed by atoms with E-state index in [1.54, 1.807) is 0 Å². The Morgan fingerprint density at radius 3 is 2.42 bits per heavy atom. The molecule has 1 aliphatic rings. The van der Waals surface area contributed by atoms with E-state index in [4.69, 9.17) is 9.47 Å². The fourth-order valence-electron chi connectivity index (χ4n) is 3.46. The first-order valence-corrected chi connectivity index (χ1v) is 9.43. The van der Waals surface area contributed by atoms with Gasteiger partial charge in [-0.3, -0.25) is 4.90 Å². The normalized spacial score (nSPS) is 14.7. The molecule has 0 spiro atoms. The number of hydrogen-bond donors (Lipinski definition) is 0. The summed E-state index contributed by atoms with van der Waals surface area (Å²) in [5.41, 5.74) is 5.10. The molecule has 140 valence electrons. The van der Waals surface area contributed by atoms with Gasteiger partial charge in [-0.2, -0.15) is 0 Å². The molecule has 1 fully saturated rings. The molecule has 1 saturated heterocycles. The summed E-state index contributed by atoms with van der Waals surface area (Å²) in [7, 11) is 2.16. The van der Waals surface area contributed by atoms with Crippen LogP contribution in [0.25, 0.3) is 0 Å². The number of morpholine rings is 1. The van der Waals surface area contributed by atoms with E-state index in [1.165, 1.54) is 22.4 Å². The monoisotopic (exact) mass is 354 g/mol. The number of para-hydroxylation sites is 2. The Kier molecular flexibility index (Phi) is 6.53. The smallest absolute Gasteiger partial charge is 0.125 e. The summed E-state index contributed by atoms with van der Waals surface area (Å²) < 4.78 is 11.5. The van der Waals surface area contributed by atoms with E-state index in [2.05, 4.69) is 73.2 Å². The maximum atomic E-state index is 6.05. The third-order valence-corrected chi connectivity index (χ3v) is 4.91. The van der Waals surface area contributed by atoms with Crippen LogP contribution in [0.15, 0.2) is 42.5 Å². The summed E-state index contributed by atoms with van der Waals surface area (Å²) in [6.07, 6.45) is 0. The number of nitrogens with zero attached hydrogens (tertiary/aromatic N) is 2. The van der Waals surface area contributed by atoms with Gasteiger partial charge in [0, 0.05) is 31.9 Å². The van der Waals surface area contributed by atoms with Gasteiger partial charge in [-0.05, 0) is 43.7 Å². The van der Waals surface area contributed by atoms with Gasteiger partial charge in [-0.1, -0.05) is 36.4 Å². The Labute approximate surface area is 157 Å². The third kappa shape index (κ3) is 4.77. The van der Waals surface area contributed by atoms with Crippen molar-refractivity contribution in [3.8, 4) is 5.75 Å². The Morgan fingerprint density at radius 2 is 1.69 bits per heavy atom. The van der Waals surface area contributed by atoms with Crippen LogP contribution < -0.4 is 9.64 Å². The number of anilines is 1. The summed E-state index contributed by atoms with van der Waals surface area (Å²) in [5.74, 6) is 1.02. The molecule has 1 aliphatic heterocycles. The van der Waals surface area contributed by atoms with Crippen molar-refractivity contribution in [2.75, 3.05) is 51.4 Å². The van der Waals surface area contributed by atoms with E-state index >= 15 is 0 Å². The summed E-state index contributed by atoms with van der Waals surface area (Å²) in [6.45, 7) is 10.3. The fraction of sp³-hybridized carbons (Fsp3) is 0.455. The molecule has 0 amide bonds. The molecule has 0 saturated carbocycles. The molecule has 2 aromatic rings. The van der Waals surface area contributed by atoms with Crippen LogP contribution in [0, 0.1) is 13.8 Å². The molecule has 0 atom stereocenters. The minimum Gasteiger partial charge on any atom is -0.492 e. The molecular formula is C22H30N2O2. The molecule has 3 rings (SSSR count). The molecule has 26 heavy (non-hydrogen) atoms. The average Bonchev–Trinajstić information content (AvgIpc) is 2.65. The van der Waals surface area contributed by atoms with Gasteiger partial charge >= 0.3 is 0 Å². The number of hydrogen-bond acceptors (Lipinski definition) is 4. The van der Waals surface area contributed by atoms with Crippen molar-refractivity contribution in [2.45, 2.75) is 20.4 Å². The predicted octanol–water partition coefficient (Wildman–Crippen LogP) is 3.65. The van der Waals surface area contributed by atoms with Crippen molar-refractivity contribution in [1.29, 1.82) is 0 Å². The highest BCUT2D eigenvalue weighted by Crippen LogP contribution is 2.24. The highest BCUT2D eigenvalue weighted by Gasteiger charge is 2.15. The van der Waals surface area contributed by atoms with E-state index in [1.807, 2.05) is 0 Å². The number of rotatable bonds is 7. The van der Waals surface area contributed by atoms with E-state index in [0.29, 0.717) is 6.61 Å². The van der Waals surface area contributed by atoms with Crippen LogP contribution in [0.5, 0.6) is 5.75 Å². The highest BCUT2D eigenvalue weighted by molar-refractivity contribution is 5.53. The lowest BCUT2D eigenvalue weighted by molar-refractivity contribution is 0.122. The quantitative estimate of drug-likeness (QED) is 0.758. The third-order valence-electron chi connectivity index (χ3n) is 4.91. The number of ether oxygens (including phenoxy) is 2. The standard InChI is InChI=1S/C22H30N2O2/c1-18-7-6-8-19(2)22(18)26-16-11-23(3)17-20-9-4-5-10-21(20)24-12-14-25-15-13-24/h4-10H,11-17H2,1-3H3. The van der Waals surface area contributed by atoms with Gasteiger partial charge in [0.2, 0.25) is 0 Å². The largest absolute Gasteiger partial charge is 0.492 e. The lowest BCUT2D eigenvalue weighted by atomic mass is 10.1. The van der Waals surface area contributed by atoms with Gasteiger partial charge in [-0.25, -0.2) is 0 Å². The van der Waals surface area contributed by atoms with E-state index < -0.39 is 0 Å². The fourth-order valence-corrected chi connectivity index (χ4v) is 3.46. The Balaban J connectivity index is 1.56. The molecule has 0 aromatic heterocycles. The van der Waals surface area contributed by atoms with Crippen molar-refractivity contribution < 1.29 is 9.47 Å². The van der Waals surface area contributed by atoms with Gasteiger partial charge in [0.15, 0.2) is 0 Å². The van der Waals surface area contributed by atoms with E-state index in [-0.39, 0.29) is 0 Å². The molecular weight excluding hydrogens is 324 g/mol. The highest BCUT2D eigenvalue weighted by atomic mass is 16.5. The van der Waals surface area contributed by atoms with Gasteiger partial charge in [0.05, 0.1) is 13.2 Å². The van der Waals surface area contributed by atoms with Gasteiger partial charge in [0.25, 0.3) is 0 Å². The van der Waals surface area contributed by atoms with E-state index in [0.717, 1.165) is 45.1 Å². The van der Waals surface area contributed by atoms with Crippen molar-refractivity contribution in [3.05, 3.63) is 59.2 Å². The maximum Gasteiger partial charge on any atom is 0.125 e. The number of likely N-dealkylation sites (N-methyl/N-ethyl adjacent to an activating group) is 1. The van der Waals surface area contributed by atoms with Crippen LogP contribution in [-0.2, 0) is 11.3 Å². The molecule has 0 unspecified atom stereocenters. The Hall–Kier alpha value is -2.04. The minimum absolute atomic E-state index is 0.696. The van der Waals surface area contributed by atoms with Crippen molar-refractivity contribution in [3.63, 3.8) is 0 Å². The second-order valence-electron chi connectivity index (χ2n) is 7.04. The summed E-state index contributed by atoms with van der Waals surface area (Å²) in [5, 5.41) is 0. The number of benzene rings is 2. The summed E-state index contributed by atoms with van der Waals surface area (Å²) >= 11 is 0. The molecule has 0 radical (unpaired) electrons. The molecule has 4 heteroatoms. The zero-order valence-corrected chi connectivity index (χ0v) is 16.2. The Morgan fingerprint density at radius 1 is 1.00 bits per heavy atom. The molecule has 0 N–H and O–H groups in total. The van der Waals surface area contributed by atoms with Gasteiger partial charge in [0.1, 0.15) is 12.4 Å². The summed E-state index contributed by atoms with van der Waals surface area (Å²) in [4.78, 5) is 4.76. The van der Waals surface area contributed by atoms with Crippen molar-refractivity contribution in [1.82, 2.24) is 4.90 Å². The lowest BCUT2D eigenvalue weighted by Gasteiger charge is -2.31. The van der Waals surface area contributed by atoms with Gasteiger partial charge < -0.3 is 14.4 Å². The topological polar surface area (TPSA) is 24.9 Å². The SMILES string of the molecule is Cc1cccc(C)c1OCCN(C)Cc1ccccc1N1CCOCC1. The second-order valence-corrected chi connectivity index (χ2v) is 7.04. The minimum atomic E-state index is 0.696. The first-order valence-electron chi connectivity index (χ1n) is 9.43. The zero-order valence-electron chi connectivity index (χ0n) is 16.2. The first kappa shape index (κ1) is 18.7. The maximum absolute atomic E-state index is 6.05.